The highest BCUT2D eigenvalue weighted by Crippen LogP contribution is 2.15. The Bertz CT molecular complexity index is 1020. The third kappa shape index (κ3) is 3.07. The van der Waals surface area contributed by atoms with Gasteiger partial charge in [0.15, 0.2) is 0 Å². The van der Waals surface area contributed by atoms with Gasteiger partial charge in [0.2, 0.25) is 0 Å². The van der Waals surface area contributed by atoms with Crippen LogP contribution in [0.5, 0.6) is 5.75 Å². The maximum absolute atomic E-state index is 12.5. The van der Waals surface area contributed by atoms with Crippen molar-refractivity contribution in [1.29, 1.82) is 0 Å². The van der Waals surface area contributed by atoms with Crippen LogP contribution >= 0.6 is 0 Å². The van der Waals surface area contributed by atoms with Crippen molar-refractivity contribution in [3.63, 3.8) is 0 Å². The molecule has 0 radical (unpaired) electrons. The first kappa shape index (κ1) is 16.3. The van der Waals surface area contributed by atoms with Crippen molar-refractivity contribution in [1.82, 2.24) is 4.68 Å². The minimum absolute atomic E-state index is 0.166. The molecule has 25 heavy (non-hydrogen) atoms. The van der Waals surface area contributed by atoms with Crippen LogP contribution in [0.4, 0.5) is 0 Å². The monoisotopic (exact) mass is 337 g/mol. The first-order valence-corrected chi connectivity index (χ1v) is 7.32. The number of nitrogens with zero attached hydrogens (tertiary/aromatic N) is 1. The number of aromatic carboxylic acids is 1. The predicted octanol–water partition coefficient (Wildman–Crippen LogP) is 0.757. The van der Waals surface area contributed by atoms with Gasteiger partial charge in [-0.3, -0.25) is 15.0 Å². The Balaban J connectivity index is 2.03. The topological polar surface area (TPSA) is 100 Å². The normalized spacial score (nSPS) is 10.4. The van der Waals surface area contributed by atoms with E-state index in [1.807, 2.05) is 0 Å². The van der Waals surface area contributed by atoms with E-state index in [4.69, 9.17) is 4.74 Å². The van der Waals surface area contributed by atoms with Gasteiger partial charge in [0, 0.05) is 22.7 Å². The van der Waals surface area contributed by atoms with E-state index in [9.17, 15) is 19.5 Å². The standard InChI is InChI=1S/C18H14N2O5/c1-25-12-8-6-11(7-9-12)16(21)19-20-10-15(18(23)24)13-4-2-3-5-14(13)17(20)22/h2-10H,1H3,(H,19,21)(H,23,24)/p-1. The molecule has 7 heteroatoms. The Labute approximate surface area is 142 Å². The first-order valence-electron chi connectivity index (χ1n) is 7.32. The summed E-state index contributed by atoms with van der Waals surface area (Å²) in [4.78, 5) is 36.1. The Morgan fingerprint density at radius 2 is 1.68 bits per heavy atom. The molecule has 0 spiro atoms. The zero-order valence-corrected chi connectivity index (χ0v) is 13.2. The van der Waals surface area contributed by atoms with Crippen LogP contribution in [0.25, 0.3) is 10.8 Å². The van der Waals surface area contributed by atoms with Crippen LogP contribution in [0.15, 0.2) is 59.5 Å². The van der Waals surface area contributed by atoms with Crippen LogP contribution in [-0.4, -0.2) is 23.7 Å². The number of carboxylic acid groups (broad SMARTS) is 1. The molecule has 3 aromatic rings. The Morgan fingerprint density at radius 1 is 1.04 bits per heavy atom. The molecule has 0 aliphatic heterocycles. The summed E-state index contributed by atoms with van der Waals surface area (Å²) in [5, 5.41) is 11.8. The molecule has 0 saturated heterocycles. The van der Waals surface area contributed by atoms with E-state index < -0.39 is 17.4 Å². The Kier molecular flexibility index (Phi) is 4.21. The highest BCUT2D eigenvalue weighted by atomic mass is 16.5. The van der Waals surface area contributed by atoms with Crippen LogP contribution in [-0.2, 0) is 0 Å². The van der Waals surface area contributed by atoms with Gasteiger partial charge in [-0.25, -0.2) is 4.68 Å². The number of nitrogens with one attached hydrogen (secondary N) is 1. The molecule has 3 rings (SSSR count). The number of methoxy groups -OCH3 is 1. The molecule has 0 unspecified atom stereocenters. The minimum atomic E-state index is -1.44. The Hall–Kier alpha value is -3.61. The number of carboxylic acids is 1. The molecule has 126 valence electrons. The molecule has 7 nitrogen and oxygen atoms in total. The van der Waals surface area contributed by atoms with E-state index in [-0.39, 0.29) is 21.9 Å². The van der Waals surface area contributed by atoms with Gasteiger partial charge in [-0.15, -0.1) is 0 Å². The summed E-state index contributed by atoms with van der Waals surface area (Å²) in [5.74, 6) is -1.42. The number of carbonyl (C=O) groups excluding carboxylic acids is 2. The number of carbonyl (C=O) groups is 2. The summed E-state index contributed by atoms with van der Waals surface area (Å²) >= 11 is 0. The predicted molar refractivity (Wildman–Crippen MR) is 89.2 cm³/mol. The fourth-order valence-corrected chi connectivity index (χ4v) is 2.45. The molecule has 0 fully saturated rings. The van der Waals surface area contributed by atoms with Gasteiger partial charge >= 0.3 is 0 Å². The summed E-state index contributed by atoms with van der Waals surface area (Å²) in [7, 11) is 1.51. The fourth-order valence-electron chi connectivity index (χ4n) is 2.45. The van der Waals surface area contributed by atoms with Crippen molar-refractivity contribution in [2.45, 2.75) is 0 Å². The van der Waals surface area contributed by atoms with E-state index in [1.54, 1.807) is 24.3 Å². The quantitative estimate of drug-likeness (QED) is 0.757. The zero-order valence-electron chi connectivity index (χ0n) is 13.2. The van der Waals surface area contributed by atoms with Gasteiger partial charge in [-0.1, -0.05) is 18.2 Å². The van der Waals surface area contributed by atoms with Crippen molar-refractivity contribution >= 4 is 22.6 Å². The lowest BCUT2D eigenvalue weighted by atomic mass is 10.1. The van der Waals surface area contributed by atoms with E-state index in [1.165, 1.54) is 31.4 Å². The van der Waals surface area contributed by atoms with Crippen LogP contribution in [0.2, 0.25) is 0 Å². The largest absolute Gasteiger partial charge is 0.545 e. The number of aromatic nitrogens is 1. The molecular formula is C18H13N2O5-. The number of amides is 1. The molecule has 0 aliphatic rings. The highest BCUT2D eigenvalue weighted by Gasteiger charge is 2.12. The van der Waals surface area contributed by atoms with Crippen LogP contribution in [0, 0.1) is 0 Å². The van der Waals surface area contributed by atoms with Crippen molar-refractivity contribution in [3.8, 4) is 5.75 Å². The molecule has 1 aromatic heterocycles. The summed E-state index contributed by atoms with van der Waals surface area (Å²) < 4.78 is 5.86. The van der Waals surface area contributed by atoms with Gasteiger partial charge in [0.05, 0.1) is 13.1 Å². The number of benzene rings is 2. The number of pyridine rings is 1. The molecule has 0 saturated carbocycles. The molecule has 0 bridgehead atoms. The lowest BCUT2D eigenvalue weighted by Gasteiger charge is -2.14. The second kappa shape index (κ2) is 6.48. The van der Waals surface area contributed by atoms with Gasteiger partial charge in [-0.2, -0.15) is 0 Å². The molecule has 1 N–H and O–H groups in total. The highest BCUT2D eigenvalue weighted by molar-refractivity contribution is 6.03. The molecule has 2 aromatic carbocycles. The summed E-state index contributed by atoms with van der Waals surface area (Å²) in [6.07, 6.45) is 1.04. The van der Waals surface area contributed by atoms with Crippen molar-refractivity contribution in [2.75, 3.05) is 12.5 Å². The van der Waals surface area contributed by atoms with Crippen molar-refractivity contribution in [3.05, 3.63) is 76.2 Å². The maximum atomic E-state index is 12.5. The van der Waals surface area contributed by atoms with Crippen LogP contribution in [0.3, 0.4) is 0 Å². The summed E-state index contributed by atoms with van der Waals surface area (Å²) in [6.45, 7) is 0. The van der Waals surface area contributed by atoms with Crippen LogP contribution < -0.4 is 20.8 Å². The smallest absolute Gasteiger partial charge is 0.277 e. The van der Waals surface area contributed by atoms with Gasteiger partial charge < -0.3 is 14.6 Å². The average Bonchev–Trinajstić information content (AvgIpc) is 2.63. The van der Waals surface area contributed by atoms with Crippen molar-refractivity contribution in [2.24, 2.45) is 0 Å². The molecule has 1 amide bonds. The number of fused-ring (bicyclic) bond motifs is 1. The Morgan fingerprint density at radius 3 is 2.28 bits per heavy atom. The van der Waals surface area contributed by atoms with E-state index in [0.29, 0.717) is 5.75 Å². The number of ether oxygens (including phenoxy) is 1. The van der Waals surface area contributed by atoms with Gasteiger partial charge in [-0.05, 0) is 35.7 Å². The molecule has 0 atom stereocenters. The number of rotatable bonds is 4. The van der Waals surface area contributed by atoms with Gasteiger partial charge in [0.1, 0.15) is 5.75 Å². The number of hydrogen-bond donors (Lipinski definition) is 1. The van der Waals surface area contributed by atoms with E-state index in [0.717, 1.165) is 10.9 Å². The fraction of sp³-hybridized carbons (Fsp3) is 0.0556. The molecular weight excluding hydrogens is 324 g/mol. The SMILES string of the molecule is COc1ccc(C(=O)Nn2cc(C(=O)[O-])c3ccccc3c2=O)cc1. The summed E-state index contributed by atoms with van der Waals surface area (Å²) in [6, 6.07) is 12.5. The minimum Gasteiger partial charge on any atom is -0.545 e. The van der Waals surface area contributed by atoms with E-state index >= 15 is 0 Å². The first-order chi connectivity index (χ1) is 12.0. The lowest BCUT2D eigenvalue weighted by Crippen LogP contribution is -2.35. The van der Waals surface area contributed by atoms with Crippen molar-refractivity contribution < 1.29 is 19.4 Å². The maximum Gasteiger partial charge on any atom is 0.277 e. The second-order valence-corrected chi connectivity index (χ2v) is 5.22. The molecule has 1 heterocycles. The summed E-state index contributed by atoms with van der Waals surface area (Å²) in [5.41, 5.74) is 1.94. The zero-order chi connectivity index (χ0) is 18.0. The third-order valence-corrected chi connectivity index (χ3v) is 3.72. The third-order valence-electron chi connectivity index (χ3n) is 3.72. The van der Waals surface area contributed by atoms with Gasteiger partial charge in [0.25, 0.3) is 11.5 Å². The second-order valence-electron chi connectivity index (χ2n) is 5.22. The van der Waals surface area contributed by atoms with E-state index in [2.05, 4.69) is 5.43 Å². The average molecular weight is 337 g/mol. The molecule has 0 aliphatic carbocycles. The van der Waals surface area contributed by atoms with Crippen LogP contribution in [0.1, 0.15) is 20.7 Å². The number of hydrogen-bond acceptors (Lipinski definition) is 5. The lowest BCUT2D eigenvalue weighted by molar-refractivity contribution is -0.254.